The third kappa shape index (κ3) is 7.43. The van der Waals surface area contributed by atoms with Crippen LogP contribution in [-0.4, -0.2) is 34.6 Å². The Bertz CT molecular complexity index is 442. The fourth-order valence-electron chi connectivity index (χ4n) is 1.97. The maximum atomic E-state index is 11.6. The van der Waals surface area contributed by atoms with Crippen LogP contribution in [0.25, 0.3) is 0 Å². The van der Waals surface area contributed by atoms with Gasteiger partial charge in [0.05, 0.1) is 18.3 Å². The molecule has 1 amide bonds. The van der Waals surface area contributed by atoms with E-state index < -0.39 is 17.8 Å². The number of carbonyl (C=O) groups is 1. The number of rotatable bonds is 8. The number of anilines is 1. The van der Waals surface area contributed by atoms with Crippen molar-refractivity contribution in [3.63, 3.8) is 0 Å². The Morgan fingerprint density at radius 3 is 2.45 bits per heavy atom. The number of aliphatic hydroxyl groups excluding tert-OH is 1. The van der Waals surface area contributed by atoms with Crippen LogP contribution in [0.2, 0.25) is 0 Å². The third-order valence-electron chi connectivity index (χ3n) is 3.61. The SMILES string of the molecule is C[C@H](CCOC(=O)Nc1ccccc1)CC[C@H](O)C(C)(C)O. The van der Waals surface area contributed by atoms with Gasteiger partial charge < -0.3 is 14.9 Å². The van der Waals surface area contributed by atoms with Crippen LogP contribution in [0.5, 0.6) is 0 Å². The molecule has 0 aromatic heterocycles. The van der Waals surface area contributed by atoms with Gasteiger partial charge in [-0.15, -0.1) is 0 Å². The molecule has 1 rings (SSSR count). The number of benzene rings is 1. The number of amides is 1. The molecule has 0 aliphatic heterocycles. The van der Waals surface area contributed by atoms with Crippen molar-refractivity contribution in [2.75, 3.05) is 11.9 Å². The molecule has 0 aliphatic rings. The summed E-state index contributed by atoms with van der Waals surface area (Å²) >= 11 is 0. The largest absolute Gasteiger partial charge is 0.449 e. The lowest BCUT2D eigenvalue weighted by molar-refractivity contribution is -0.0536. The lowest BCUT2D eigenvalue weighted by atomic mass is 9.93. The van der Waals surface area contributed by atoms with Gasteiger partial charge in [-0.3, -0.25) is 5.32 Å². The molecule has 0 spiro atoms. The number of para-hydroxylation sites is 1. The Morgan fingerprint density at radius 1 is 1.23 bits per heavy atom. The zero-order valence-electron chi connectivity index (χ0n) is 13.6. The van der Waals surface area contributed by atoms with E-state index in [2.05, 4.69) is 5.32 Å². The molecular formula is C17H27NO4. The van der Waals surface area contributed by atoms with Gasteiger partial charge in [0.2, 0.25) is 0 Å². The fourth-order valence-corrected chi connectivity index (χ4v) is 1.97. The average molecular weight is 309 g/mol. The van der Waals surface area contributed by atoms with Crippen molar-refractivity contribution in [2.45, 2.75) is 51.7 Å². The lowest BCUT2D eigenvalue weighted by Gasteiger charge is -2.25. The molecule has 0 radical (unpaired) electrons. The zero-order valence-corrected chi connectivity index (χ0v) is 13.6. The highest BCUT2D eigenvalue weighted by Gasteiger charge is 2.24. The first-order valence-corrected chi connectivity index (χ1v) is 7.68. The van der Waals surface area contributed by atoms with Crippen LogP contribution in [0.15, 0.2) is 30.3 Å². The molecule has 0 fully saturated rings. The van der Waals surface area contributed by atoms with E-state index in [-0.39, 0.29) is 0 Å². The van der Waals surface area contributed by atoms with E-state index in [1.807, 2.05) is 25.1 Å². The average Bonchev–Trinajstić information content (AvgIpc) is 2.44. The molecule has 3 N–H and O–H groups in total. The Labute approximate surface area is 132 Å². The van der Waals surface area contributed by atoms with E-state index in [4.69, 9.17) is 4.74 Å². The summed E-state index contributed by atoms with van der Waals surface area (Å²) in [6.45, 7) is 5.56. The minimum atomic E-state index is -1.08. The van der Waals surface area contributed by atoms with Crippen LogP contribution < -0.4 is 5.32 Å². The van der Waals surface area contributed by atoms with E-state index in [0.717, 1.165) is 12.8 Å². The number of hydrogen-bond donors (Lipinski definition) is 3. The number of aliphatic hydroxyl groups is 2. The van der Waals surface area contributed by atoms with Crippen molar-refractivity contribution >= 4 is 11.8 Å². The van der Waals surface area contributed by atoms with Gasteiger partial charge in [-0.1, -0.05) is 25.1 Å². The lowest BCUT2D eigenvalue weighted by Crippen LogP contribution is -2.36. The first-order valence-electron chi connectivity index (χ1n) is 7.68. The van der Waals surface area contributed by atoms with Crippen molar-refractivity contribution in [1.29, 1.82) is 0 Å². The van der Waals surface area contributed by atoms with Crippen molar-refractivity contribution < 1.29 is 19.7 Å². The minimum absolute atomic E-state index is 0.307. The summed E-state index contributed by atoms with van der Waals surface area (Å²) in [5, 5.41) is 22.1. The van der Waals surface area contributed by atoms with Gasteiger partial charge in [0, 0.05) is 5.69 Å². The standard InChI is InChI=1S/C17H27NO4/c1-13(9-10-15(19)17(2,3)21)11-12-22-16(20)18-14-7-5-4-6-8-14/h4-8,13,15,19,21H,9-12H2,1-3H3,(H,18,20)/t13-,15-/m0/s1. The Balaban J connectivity index is 2.17. The van der Waals surface area contributed by atoms with E-state index >= 15 is 0 Å². The molecule has 5 heteroatoms. The van der Waals surface area contributed by atoms with Crippen molar-refractivity contribution in [3.8, 4) is 0 Å². The number of carbonyl (C=O) groups excluding carboxylic acids is 1. The molecule has 5 nitrogen and oxygen atoms in total. The van der Waals surface area contributed by atoms with Crippen LogP contribution in [-0.2, 0) is 4.74 Å². The van der Waals surface area contributed by atoms with Crippen molar-refractivity contribution in [2.24, 2.45) is 5.92 Å². The molecule has 0 saturated carbocycles. The Kier molecular flexibility index (Phi) is 7.35. The highest BCUT2D eigenvalue weighted by Crippen LogP contribution is 2.18. The van der Waals surface area contributed by atoms with E-state index in [9.17, 15) is 15.0 Å². The van der Waals surface area contributed by atoms with E-state index in [1.54, 1.807) is 26.0 Å². The van der Waals surface area contributed by atoms with Gasteiger partial charge in [-0.2, -0.15) is 0 Å². The van der Waals surface area contributed by atoms with Gasteiger partial charge >= 0.3 is 6.09 Å². The Morgan fingerprint density at radius 2 is 1.86 bits per heavy atom. The molecular weight excluding hydrogens is 282 g/mol. The zero-order chi connectivity index (χ0) is 16.6. The van der Waals surface area contributed by atoms with Crippen LogP contribution in [0.1, 0.15) is 40.0 Å². The maximum absolute atomic E-state index is 11.6. The molecule has 124 valence electrons. The van der Waals surface area contributed by atoms with Crippen molar-refractivity contribution in [3.05, 3.63) is 30.3 Å². The molecule has 0 unspecified atom stereocenters. The summed E-state index contributed by atoms with van der Waals surface area (Å²) in [6.07, 6.45) is 0.823. The van der Waals surface area contributed by atoms with Gasteiger partial charge in [0.15, 0.2) is 0 Å². The van der Waals surface area contributed by atoms with Gasteiger partial charge in [0.25, 0.3) is 0 Å². The topological polar surface area (TPSA) is 78.8 Å². The quantitative estimate of drug-likeness (QED) is 0.689. The van der Waals surface area contributed by atoms with Gasteiger partial charge in [-0.05, 0) is 51.2 Å². The predicted octanol–water partition coefficient (Wildman–Crippen LogP) is 3.17. The van der Waals surface area contributed by atoms with Gasteiger partial charge in [-0.25, -0.2) is 4.79 Å². The summed E-state index contributed by atoms with van der Waals surface area (Å²) in [4.78, 5) is 11.6. The summed E-state index contributed by atoms with van der Waals surface area (Å²) < 4.78 is 5.13. The van der Waals surface area contributed by atoms with Crippen LogP contribution in [0, 0.1) is 5.92 Å². The van der Waals surface area contributed by atoms with E-state index in [0.29, 0.717) is 24.6 Å². The number of nitrogens with one attached hydrogen (secondary N) is 1. The fraction of sp³-hybridized carbons (Fsp3) is 0.588. The molecule has 0 saturated heterocycles. The third-order valence-corrected chi connectivity index (χ3v) is 3.61. The highest BCUT2D eigenvalue weighted by molar-refractivity contribution is 5.84. The first-order chi connectivity index (χ1) is 10.3. The molecule has 1 aromatic rings. The second kappa shape index (κ2) is 8.76. The molecule has 0 heterocycles. The van der Waals surface area contributed by atoms with Crippen LogP contribution in [0.3, 0.4) is 0 Å². The summed E-state index contributed by atoms with van der Waals surface area (Å²) in [5.74, 6) is 0.307. The summed E-state index contributed by atoms with van der Waals surface area (Å²) in [7, 11) is 0. The smallest absolute Gasteiger partial charge is 0.411 e. The monoisotopic (exact) mass is 309 g/mol. The molecule has 0 bridgehead atoms. The highest BCUT2D eigenvalue weighted by atomic mass is 16.5. The second-order valence-corrected chi connectivity index (χ2v) is 6.27. The predicted molar refractivity (Wildman–Crippen MR) is 86.7 cm³/mol. The van der Waals surface area contributed by atoms with Crippen molar-refractivity contribution in [1.82, 2.24) is 0 Å². The molecule has 0 aliphatic carbocycles. The first kappa shape index (κ1) is 18.5. The number of ether oxygens (including phenoxy) is 1. The summed E-state index contributed by atoms with van der Waals surface area (Å²) in [5.41, 5.74) is -0.375. The summed E-state index contributed by atoms with van der Waals surface area (Å²) in [6, 6.07) is 9.14. The van der Waals surface area contributed by atoms with E-state index in [1.165, 1.54) is 0 Å². The molecule has 1 aromatic carbocycles. The minimum Gasteiger partial charge on any atom is -0.449 e. The normalized spacial score (nSPS) is 14.2. The van der Waals surface area contributed by atoms with Crippen LogP contribution >= 0.6 is 0 Å². The molecule has 22 heavy (non-hydrogen) atoms. The van der Waals surface area contributed by atoms with Gasteiger partial charge in [0.1, 0.15) is 0 Å². The van der Waals surface area contributed by atoms with Crippen LogP contribution in [0.4, 0.5) is 10.5 Å². The Hall–Kier alpha value is -1.59. The molecule has 2 atom stereocenters. The maximum Gasteiger partial charge on any atom is 0.411 e. The number of hydrogen-bond acceptors (Lipinski definition) is 4. The second-order valence-electron chi connectivity index (χ2n) is 6.27.